The largest absolute Gasteiger partial charge is 0.341 e. The van der Waals surface area contributed by atoms with Gasteiger partial charge in [-0.2, -0.15) is 0 Å². The first-order valence-corrected chi connectivity index (χ1v) is 6.19. The molecule has 1 radical (unpaired) electrons. The first-order valence-electron chi connectivity index (χ1n) is 6.19. The van der Waals surface area contributed by atoms with Crippen LogP contribution in [0.1, 0.15) is 30.9 Å². The monoisotopic (exact) mass is 231 g/mol. The lowest BCUT2D eigenvalue weighted by molar-refractivity contribution is -0.134. The molecule has 0 bridgehead atoms. The molecule has 1 fully saturated rings. The number of hydrogen-bond donors (Lipinski definition) is 1. The predicted octanol–water partition coefficient (Wildman–Crippen LogP) is 2.12. The Labute approximate surface area is 103 Å². The van der Waals surface area contributed by atoms with Gasteiger partial charge in [-0.15, -0.1) is 0 Å². The van der Waals surface area contributed by atoms with Crippen molar-refractivity contribution in [2.45, 2.75) is 25.3 Å². The molecular formula is C14H19N2O. The van der Waals surface area contributed by atoms with Crippen molar-refractivity contribution in [2.75, 3.05) is 13.1 Å². The second kappa shape index (κ2) is 5.82. The van der Waals surface area contributed by atoms with E-state index in [4.69, 9.17) is 0 Å². The summed E-state index contributed by atoms with van der Waals surface area (Å²) in [6, 6.07) is 9.46. The molecule has 91 valence electrons. The number of nitrogens with zero attached hydrogens (tertiary/aromatic N) is 1. The number of piperidine rings is 1. The average Bonchev–Trinajstić information content (AvgIpc) is 2.42. The molecule has 1 saturated heterocycles. The van der Waals surface area contributed by atoms with Crippen LogP contribution in [0.15, 0.2) is 30.3 Å². The van der Waals surface area contributed by atoms with Gasteiger partial charge in [-0.25, -0.2) is 0 Å². The van der Waals surface area contributed by atoms with E-state index in [9.17, 15) is 4.79 Å². The Balaban J connectivity index is 2.10. The fraction of sp³-hybridized carbons (Fsp3) is 0.429. The van der Waals surface area contributed by atoms with Gasteiger partial charge >= 0.3 is 0 Å². The molecule has 0 aliphatic carbocycles. The molecule has 0 spiro atoms. The highest BCUT2D eigenvalue weighted by Gasteiger charge is 2.25. The number of amides is 1. The molecule has 1 aliphatic heterocycles. The van der Waals surface area contributed by atoms with Crippen molar-refractivity contribution < 1.29 is 4.79 Å². The minimum Gasteiger partial charge on any atom is -0.341 e. The molecule has 17 heavy (non-hydrogen) atoms. The second-order valence-electron chi connectivity index (χ2n) is 4.43. The molecular weight excluding hydrogens is 212 g/mol. The fourth-order valence-corrected chi connectivity index (χ4v) is 2.29. The van der Waals surface area contributed by atoms with Gasteiger partial charge in [0, 0.05) is 20.1 Å². The third kappa shape index (κ3) is 2.86. The van der Waals surface area contributed by atoms with Gasteiger partial charge in [0.25, 0.3) is 0 Å². The SMILES string of the molecule is [CH2]N[C@H](C(=O)N1CCCCC1)c1ccccc1. The van der Waals surface area contributed by atoms with E-state index in [1.807, 2.05) is 35.2 Å². The Morgan fingerprint density at radius 1 is 1.18 bits per heavy atom. The summed E-state index contributed by atoms with van der Waals surface area (Å²) < 4.78 is 0. The molecule has 1 aromatic rings. The van der Waals surface area contributed by atoms with Crippen LogP contribution in [-0.2, 0) is 4.79 Å². The first kappa shape index (κ1) is 12.1. The van der Waals surface area contributed by atoms with Crippen molar-refractivity contribution in [2.24, 2.45) is 0 Å². The fourth-order valence-electron chi connectivity index (χ4n) is 2.29. The summed E-state index contributed by atoms with van der Waals surface area (Å²) in [6.07, 6.45) is 3.46. The highest BCUT2D eigenvalue weighted by molar-refractivity contribution is 5.83. The molecule has 1 atom stereocenters. The molecule has 1 amide bonds. The van der Waals surface area contributed by atoms with Crippen LogP contribution >= 0.6 is 0 Å². The highest BCUT2D eigenvalue weighted by Crippen LogP contribution is 2.18. The van der Waals surface area contributed by atoms with Crippen LogP contribution in [0.5, 0.6) is 0 Å². The smallest absolute Gasteiger partial charge is 0.244 e. The number of likely N-dealkylation sites (tertiary alicyclic amines) is 1. The van der Waals surface area contributed by atoms with E-state index in [1.54, 1.807) is 0 Å². The van der Waals surface area contributed by atoms with Gasteiger partial charge in [0.1, 0.15) is 6.04 Å². The van der Waals surface area contributed by atoms with Crippen LogP contribution in [0.4, 0.5) is 0 Å². The van der Waals surface area contributed by atoms with Gasteiger partial charge in [0.15, 0.2) is 0 Å². The number of hydrogen-bond acceptors (Lipinski definition) is 2. The number of nitrogens with one attached hydrogen (secondary N) is 1. The summed E-state index contributed by atoms with van der Waals surface area (Å²) in [5.41, 5.74) is 0.984. The third-order valence-corrected chi connectivity index (χ3v) is 3.25. The molecule has 0 aromatic heterocycles. The summed E-state index contributed by atoms with van der Waals surface area (Å²) >= 11 is 0. The number of benzene rings is 1. The number of rotatable bonds is 3. The maximum Gasteiger partial charge on any atom is 0.244 e. The molecule has 3 nitrogen and oxygen atoms in total. The van der Waals surface area contributed by atoms with E-state index in [0.717, 1.165) is 31.5 Å². The van der Waals surface area contributed by atoms with Crippen LogP contribution in [0.2, 0.25) is 0 Å². The Bertz CT molecular complexity index is 358. The van der Waals surface area contributed by atoms with Gasteiger partial charge in [-0.05, 0) is 24.8 Å². The quantitative estimate of drug-likeness (QED) is 0.864. The standard InChI is InChI=1S/C14H19N2O/c1-15-13(12-8-4-2-5-9-12)14(17)16-10-6-3-7-11-16/h2,4-5,8-9,13,15H,1,3,6-7,10-11H2/t13-/m0/s1. The normalized spacial score (nSPS) is 17.8. The van der Waals surface area contributed by atoms with Crippen LogP contribution in [0, 0.1) is 7.05 Å². The molecule has 1 heterocycles. The average molecular weight is 231 g/mol. The van der Waals surface area contributed by atoms with Crippen molar-refractivity contribution in [1.29, 1.82) is 0 Å². The second-order valence-corrected chi connectivity index (χ2v) is 4.43. The Morgan fingerprint density at radius 2 is 1.82 bits per heavy atom. The van der Waals surface area contributed by atoms with Gasteiger partial charge in [0.2, 0.25) is 5.91 Å². The summed E-state index contributed by atoms with van der Waals surface area (Å²) in [4.78, 5) is 14.3. The minimum atomic E-state index is -0.311. The topological polar surface area (TPSA) is 32.3 Å². The van der Waals surface area contributed by atoms with Crippen LogP contribution < -0.4 is 5.32 Å². The molecule has 2 rings (SSSR count). The maximum absolute atomic E-state index is 12.4. The summed E-state index contributed by atoms with van der Waals surface area (Å²) in [5.74, 6) is 0.144. The molecule has 1 aliphatic rings. The van der Waals surface area contributed by atoms with Crippen molar-refractivity contribution in [3.8, 4) is 0 Å². The molecule has 3 heteroatoms. The maximum atomic E-state index is 12.4. The zero-order valence-electron chi connectivity index (χ0n) is 10.1. The minimum absolute atomic E-state index is 0.144. The van der Waals surface area contributed by atoms with E-state index in [-0.39, 0.29) is 11.9 Å². The lowest BCUT2D eigenvalue weighted by atomic mass is 10.0. The van der Waals surface area contributed by atoms with Gasteiger partial charge < -0.3 is 10.2 Å². The van der Waals surface area contributed by atoms with E-state index < -0.39 is 0 Å². The molecule has 0 saturated carbocycles. The van der Waals surface area contributed by atoms with E-state index in [1.165, 1.54) is 6.42 Å². The van der Waals surface area contributed by atoms with Gasteiger partial charge in [0.05, 0.1) is 0 Å². The van der Waals surface area contributed by atoms with Crippen LogP contribution in [-0.4, -0.2) is 23.9 Å². The van der Waals surface area contributed by atoms with Crippen molar-refractivity contribution in [1.82, 2.24) is 10.2 Å². The zero-order chi connectivity index (χ0) is 12.1. The lowest BCUT2D eigenvalue weighted by Gasteiger charge is -2.30. The molecule has 1 aromatic carbocycles. The van der Waals surface area contributed by atoms with Gasteiger partial charge in [-0.1, -0.05) is 30.3 Å². The van der Waals surface area contributed by atoms with E-state index in [2.05, 4.69) is 12.4 Å². The lowest BCUT2D eigenvalue weighted by Crippen LogP contribution is -2.42. The molecule has 0 unspecified atom stereocenters. The Hall–Kier alpha value is -1.35. The first-order chi connectivity index (χ1) is 8.33. The number of carbonyl (C=O) groups is 1. The highest BCUT2D eigenvalue weighted by atomic mass is 16.2. The summed E-state index contributed by atoms with van der Waals surface area (Å²) in [7, 11) is 3.68. The zero-order valence-corrected chi connectivity index (χ0v) is 10.1. The summed E-state index contributed by atoms with van der Waals surface area (Å²) in [6.45, 7) is 1.76. The van der Waals surface area contributed by atoms with Crippen LogP contribution in [0.25, 0.3) is 0 Å². The molecule has 1 N–H and O–H groups in total. The van der Waals surface area contributed by atoms with E-state index >= 15 is 0 Å². The Morgan fingerprint density at radius 3 is 2.41 bits per heavy atom. The number of carbonyl (C=O) groups excluding carboxylic acids is 1. The van der Waals surface area contributed by atoms with Crippen molar-refractivity contribution in [3.63, 3.8) is 0 Å². The van der Waals surface area contributed by atoms with Crippen LogP contribution in [0.3, 0.4) is 0 Å². The summed E-state index contributed by atoms with van der Waals surface area (Å²) in [5, 5.41) is 2.87. The van der Waals surface area contributed by atoms with Crippen molar-refractivity contribution in [3.05, 3.63) is 42.9 Å². The Kier molecular flexibility index (Phi) is 4.15. The van der Waals surface area contributed by atoms with E-state index in [0.29, 0.717) is 0 Å². The van der Waals surface area contributed by atoms with Gasteiger partial charge in [-0.3, -0.25) is 4.79 Å². The van der Waals surface area contributed by atoms with Crippen molar-refractivity contribution >= 4 is 5.91 Å². The predicted molar refractivity (Wildman–Crippen MR) is 68.1 cm³/mol. The third-order valence-electron chi connectivity index (χ3n) is 3.25.